The summed E-state index contributed by atoms with van der Waals surface area (Å²) >= 11 is 1.12. The highest BCUT2D eigenvalue weighted by Crippen LogP contribution is 2.09. The molecule has 0 aliphatic heterocycles. The maximum atomic E-state index is 12.0. The molecule has 6 heteroatoms. The number of aromatic amines is 1. The second kappa shape index (κ2) is 6.49. The number of anilines is 1. The fourth-order valence-electron chi connectivity index (χ4n) is 1.64. The van der Waals surface area contributed by atoms with Crippen molar-refractivity contribution in [1.29, 1.82) is 0 Å². The minimum absolute atomic E-state index is 0.0847. The standard InChI is InChI=1S/C14H17N3O2S/c1-9-3-5-11(6-4-9)16-13(18)10(2)15-7-12-8-20-14(19)17-12/h3-6,8,10,15H,7H2,1-2H3,(H,16,18)(H,17,19). The van der Waals surface area contributed by atoms with E-state index in [1.807, 2.05) is 31.2 Å². The zero-order chi connectivity index (χ0) is 14.5. The predicted molar refractivity (Wildman–Crippen MR) is 81.1 cm³/mol. The number of nitrogens with one attached hydrogen (secondary N) is 3. The van der Waals surface area contributed by atoms with E-state index >= 15 is 0 Å². The molecule has 0 aliphatic rings. The summed E-state index contributed by atoms with van der Waals surface area (Å²) < 4.78 is 0. The van der Waals surface area contributed by atoms with Gasteiger partial charge >= 0.3 is 4.87 Å². The molecule has 0 spiro atoms. The zero-order valence-electron chi connectivity index (χ0n) is 11.4. The van der Waals surface area contributed by atoms with Gasteiger partial charge in [0, 0.05) is 23.3 Å². The monoisotopic (exact) mass is 291 g/mol. The highest BCUT2D eigenvalue weighted by Gasteiger charge is 2.12. The first-order valence-corrected chi connectivity index (χ1v) is 7.20. The minimum Gasteiger partial charge on any atom is -0.325 e. The van der Waals surface area contributed by atoms with Crippen LogP contribution < -0.4 is 15.5 Å². The molecule has 1 aromatic carbocycles. The number of carbonyl (C=O) groups excluding carboxylic acids is 1. The highest BCUT2D eigenvalue weighted by molar-refractivity contribution is 7.07. The molecule has 1 atom stereocenters. The molecule has 3 N–H and O–H groups in total. The quantitative estimate of drug-likeness (QED) is 0.787. The predicted octanol–water partition coefficient (Wildman–Crippen LogP) is 1.86. The van der Waals surface area contributed by atoms with Crippen LogP contribution in [0.3, 0.4) is 0 Å². The minimum atomic E-state index is -0.347. The molecular weight excluding hydrogens is 274 g/mol. The molecule has 20 heavy (non-hydrogen) atoms. The van der Waals surface area contributed by atoms with E-state index in [1.54, 1.807) is 12.3 Å². The first-order chi connectivity index (χ1) is 9.54. The van der Waals surface area contributed by atoms with Gasteiger partial charge in [0.2, 0.25) is 5.91 Å². The summed E-state index contributed by atoms with van der Waals surface area (Å²) in [6, 6.07) is 7.29. The molecule has 0 fully saturated rings. The van der Waals surface area contributed by atoms with Crippen LogP contribution in [0.4, 0.5) is 5.69 Å². The van der Waals surface area contributed by atoms with Crippen molar-refractivity contribution in [3.63, 3.8) is 0 Å². The van der Waals surface area contributed by atoms with Gasteiger partial charge in [-0.3, -0.25) is 9.59 Å². The summed E-state index contributed by atoms with van der Waals surface area (Å²) in [5.74, 6) is -0.105. The number of thiazole rings is 1. The van der Waals surface area contributed by atoms with Gasteiger partial charge in [0.25, 0.3) is 0 Å². The maximum Gasteiger partial charge on any atom is 0.304 e. The lowest BCUT2D eigenvalue weighted by atomic mass is 10.2. The van der Waals surface area contributed by atoms with Gasteiger partial charge in [-0.05, 0) is 26.0 Å². The van der Waals surface area contributed by atoms with Gasteiger partial charge < -0.3 is 15.6 Å². The van der Waals surface area contributed by atoms with Crippen LogP contribution in [0.15, 0.2) is 34.4 Å². The van der Waals surface area contributed by atoms with E-state index in [4.69, 9.17) is 0 Å². The van der Waals surface area contributed by atoms with Crippen LogP contribution in [0, 0.1) is 6.92 Å². The summed E-state index contributed by atoms with van der Waals surface area (Å²) in [7, 11) is 0. The fourth-order valence-corrected chi connectivity index (χ4v) is 2.23. The van der Waals surface area contributed by atoms with Crippen molar-refractivity contribution in [1.82, 2.24) is 10.3 Å². The van der Waals surface area contributed by atoms with Gasteiger partial charge in [-0.1, -0.05) is 29.0 Å². The molecule has 1 amide bonds. The maximum absolute atomic E-state index is 12.0. The molecule has 5 nitrogen and oxygen atoms in total. The second-order valence-corrected chi connectivity index (χ2v) is 5.47. The first-order valence-electron chi connectivity index (χ1n) is 6.32. The molecule has 1 unspecified atom stereocenters. The fraction of sp³-hybridized carbons (Fsp3) is 0.286. The van der Waals surface area contributed by atoms with E-state index in [0.29, 0.717) is 6.54 Å². The van der Waals surface area contributed by atoms with E-state index in [-0.39, 0.29) is 16.8 Å². The number of hydrogen-bond donors (Lipinski definition) is 3. The Hall–Kier alpha value is -1.92. The Balaban J connectivity index is 1.85. The summed E-state index contributed by atoms with van der Waals surface area (Å²) in [4.78, 5) is 25.6. The van der Waals surface area contributed by atoms with Crippen LogP contribution in [-0.2, 0) is 11.3 Å². The Morgan fingerprint density at radius 1 is 1.35 bits per heavy atom. The van der Waals surface area contributed by atoms with Crippen molar-refractivity contribution in [3.8, 4) is 0 Å². The van der Waals surface area contributed by atoms with Gasteiger partial charge in [-0.2, -0.15) is 0 Å². The average molecular weight is 291 g/mol. The smallest absolute Gasteiger partial charge is 0.304 e. The Morgan fingerprint density at radius 3 is 2.65 bits per heavy atom. The number of H-pyrrole nitrogens is 1. The van der Waals surface area contributed by atoms with E-state index in [2.05, 4.69) is 15.6 Å². The summed E-state index contributed by atoms with van der Waals surface area (Å²) in [6.07, 6.45) is 0. The third-order valence-corrected chi connectivity index (χ3v) is 3.60. The second-order valence-electron chi connectivity index (χ2n) is 4.63. The normalized spacial score (nSPS) is 12.1. The van der Waals surface area contributed by atoms with Crippen molar-refractivity contribution < 1.29 is 4.79 Å². The number of rotatable bonds is 5. The molecule has 1 heterocycles. The summed E-state index contributed by atoms with van der Waals surface area (Å²) in [5.41, 5.74) is 2.71. The third-order valence-electron chi connectivity index (χ3n) is 2.88. The number of carbonyl (C=O) groups is 1. The lowest BCUT2D eigenvalue weighted by Crippen LogP contribution is -2.37. The lowest BCUT2D eigenvalue weighted by molar-refractivity contribution is -0.117. The highest BCUT2D eigenvalue weighted by atomic mass is 32.1. The van der Waals surface area contributed by atoms with Crippen LogP contribution in [0.1, 0.15) is 18.2 Å². The topological polar surface area (TPSA) is 74.0 Å². The molecule has 0 radical (unpaired) electrons. The summed E-state index contributed by atoms with van der Waals surface area (Å²) in [5, 5.41) is 7.66. The van der Waals surface area contributed by atoms with Crippen molar-refractivity contribution in [2.75, 3.05) is 5.32 Å². The number of benzene rings is 1. The molecule has 0 aliphatic carbocycles. The van der Waals surface area contributed by atoms with Gasteiger partial charge in [0.05, 0.1) is 6.04 Å². The third kappa shape index (κ3) is 4.04. The van der Waals surface area contributed by atoms with Crippen LogP contribution in [-0.4, -0.2) is 16.9 Å². The van der Waals surface area contributed by atoms with E-state index in [9.17, 15) is 9.59 Å². The van der Waals surface area contributed by atoms with Crippen molar-refractivity contribution >= 4 is 22.9 Å². The Bertz CT molecular complexity index is 630. The van der Waals surface area contributed by atoms with Gasteiger partial charge in [0.15, 0.2) is 0 Å². The van der Waals surface area contributed by atoms with E-state index in [0.717, 1.165) is 28.3 Å². The number of amides is 1. The average Bonchev–Trinajstić information content (AvgIpc) is 2.84. The molecule has 0 bridgehead atoms. The Labute approximate surface area is 121 Å². The molecule has 1 aromatic heterocycles. The lowest BCUT2D eigenvalue weighted by Gasteiger charge is -2.13. The van der Waals surface area contributed by atoms with Crippen molar-refractivity contribution in [3.05, 3.63) is 50.6 Å². The first kappa shape index (κ1) is 14.5. The molecular formula is C14H17N3O2S. The molecule has 0 saturated carbocycles. The van der Waals surface area contributed by atoms with Crippen LogP contribution >= 0.6 is 11.3 Å². The van der Waals surface area contributed by atoms with Gasteiger partial charge in [-0.15, -0.1) is 0 Å². The van der Waals surface area contributed by atoms with Crippen LogP contribution in [0.5, 0.6) is 0 Å². The summed E-state index contributed by atoms with van der Waals surface area (Å²) in [6.45, 7) is 4.24. The SMILES string of the molecule is Cc1ccc(NC(=O)C(C)NCc2csc(=O)[nH]2)cc1. The van der Waals surface area contributed by atoms with Crippen molar-refractivity contribution in [2.45, 2.75) is 26.4 Å². The Kier molecular flexibility index (Phi) is 4.70. The molecule has 2 rings (SSSR count). The number of aryl methyl sites for hydroxylation is 1. The molecule has 106 valence electrons. The van der Waals surface area contributed by atoms with Crippen LogP contribution in [0.25, 0.3) is 0 Å². The molecule has 0 saturated heterocycles. The zero-order valence-corrected chi connectivity index (χ0v) is 12.2. The van der Waals surface area contributed by atoms with E-state index < -0.39 is 0 Å². The number of aromatic nitrogens is 1. The molecule has 2 aromatic rings. The number of hydrogen-bond acceptors (Lipinski definition) is 4. The Morgan fingerprint density at radius 2 is 2.05 bits per heavy atom. The van der Waals surface area contributed by atoms with E-state index in [1.165, 1.54) is 0 Å². The van der Waals surface area contributed by atoms with Gasteiger partial charge in [0.1, 0.15) is 0 Å². The van der Waals surface area contributed by atoms with Crippen LogP contribution in [0.2, 0.25) is 0 Å². The van der Waals surface area contributed by atoms with Gasteiger partial charge in [-0.25, -0.2) is 0 Å². The largest absolute Gasteiger partial charge is 0.325 e. The van der Waals surface area contributed by atoms with Crippen molar-refractivity contribution in [2.24, 2.45) is 0 Å².